The maximum absolute atomic E-state index is 5.73. The van der Waals surface area contributed by atoms with E-state index in [4.69, 9.17) is 5.73 Å². The van der Waals surface area contributed by atoms with Gasteiger partial charge in [0.25, 0.3) is 0 Å². The van der Waals surface area contributed by atoms with Crippen molar-refractivity contribution in [2.75, 3.05) is 0 Å². The zero-order chi connectivity index (χ0) is 14.3. The Morgan fingerprint density at radius 3 is 2.70 bits per heavy atom. The minimum absolute atomic E-state index is 0.443. The van der Waals surface area contributed by atoms with Crippen molar-refractivity contribution in [2.24, 2.45) is 12.8 Å². The summed E-state index contributed by atoms with van der Waals surface area (Å²) in [6.45, 7) is 2.44. The van der Waals surface area contributed by atoms with E-state index in [9.17, 15) is 0 Å². The maximum atomic E-state index is 5.73. The van der Waals surface area contributed by atoms with Gasteiger partial charge >= 0.3 is 0 Å². The highest BCUT2D eigenvalue weighted by Crippen LogP contribution is 2.39. The monoisotopic (exact) mass is 356 g/mol. The van der Waals surface area contributed by atoms with Gasteiger partial charge in [0.2, 0.25) is 0 Å². The number of aromatic nitrogens is 5. The fraction of sp³-hybridized carbons (Fsp3) is 0.583. The molecule has 0 radical (unpaired) electrons. The summed E-state index contributed by atoms with van der Waals surface area (Å²) in [5.41, 5.74) is 7.90. The molecule has 8 heteroatoms. The van der Waals surface area contributed by atoms with Crippen LogP contribution >= 0.6 is 27.7 Å². The van der Waals surface area contributed by atoms with Crippen LogP contribution < -0.4 is 5.73 Å². The van der Waals surface area contributed by atoms with E-state index in [0.717, 1.165) is 32.6 Å². The molecule has 0 amide bonds. The fourth-order valence-corrected chi connectivity index (χ4v) is 3.97. The molecule has 1 aliphatic rings. The van der Waals surface area contributed by atoms with Crippen LogP contribution in [-0.2, 0) is 19.3 Å². The third kappa shape index (κ3) is 2.51. The predicted octanol–water partition coefficient (Wildman–Crippen LogP) is 2.17. The molecule has 108 valence electrons. The van der Waals surface area contributed by atoms with E-state index in [-0.39, 0.29) is 0 Å². The molecule has 0 aliphatic heterocycles. The third-order valence-electron chi connectivity index (χ3n) is 3.43. The van der Waals surface area contributed by atoms with Gasteiger partial charge in [-0.05, 0) is 35.7 Å². The maximum Gasteiger partial charge on any atom is 0.191 e. The Labute approximate surface area is 130 Å². The molecule has 1 aliphatic carbocycles. The molecule has 2 aromatic rings. The van der Waals surface area contributed by atoms with Crippen LogP contribution in [0.4, 0.5) is 0 Å². The van der Waals surface area contributed by atoms with Crippen LogP contribution in [0.25, 0.3) is 0 Å². The van der Waals surface area contributed by atoms with Crippen LogP contribution in [-0.4, -0.2) is 24.5 Å². The van der Waals surface area contributed by atoms with Crippen molar-refractivity contribution in [1.82, 2.24) is 24.5 Å². The number of rotatable bonds is 5. The minimum atomic E-state index is 0.443. The van der Waals surface area contributed by atoms with Crippen molar-refractivity contribution < 1.29 is 0 Å². The first-order valence-corrected chi connectivity index (χ1v) is 8.34. The number of hydrogen-bond donors (Lipinski definition) is 1. The molecule has 0 atom stereocenters. The van der Waals surface area contributed by atoms with Gasteiger partial charge in [-0.15, -0.1) is 10.2 Å². The number of nitrogens with zero attached hydrogens (tertiary/aromatic N) is 5. The Hall–Kier alpha value is -0.860. The Morgan fingerprint density at radius 2 is 2.15 bits per heavy atom. The quantitative estimate of drug-likeness (QED) is 0.830. The molecule has 0 spiro atoms. The van der Waals surface area contributed by atoms with Crippen LogP contribution in [0.3, 0.4) is 0 Å². The van der Waals surface area contributed by atoms with Gasteiger partial charge in [-0.1, -0.05) is 11.8 Å². The molecule has 2 aromatic heterocycles. The number of halogens is 1. The van der Waals surface area contributed by atoms with Crippen LogP contribution in [0, 0.1) is 6.92 Å². The predicted molar refractivity (Wildman–Crippen MR) is 81.4 cm³/mol. The fourth-order valence-electron chi connectivity index (χ4n) is 2.21. The van der Waals surface area contributed by atoms with Crippen LogP contribution in [0.2, 0.25) is 0 Å². The zero-order valence-corrected chi connectivity index (χ0v) is 13.9. The average molecular weight is 357 g/mol. The van der Waals surface area contributed by atoms with Gasteiger partial charge in [-0.3, -0.25) is 4.68 Å². The SMILES string of the molecule is Cc1nn(C)c(CSc2nnc(CN)n2C2CC2)c1Br. The van der Waals surface area contributed by atoms with E-state index in [0.29, 0.717) is 12.6 Å². The summed E-state index contributed by atoms with van der Waals surface area (Å²) in [4.78, 5) is 0. The number of aryl methyl sites for hydroxylation is 2. The van der Waals surface area contributed by atoms with Crippen molar-refractivity contribution in [2.45, 2.75) is 43.3 Å². The molecule has 6 nitrogen and oxygen atoms in total. The zero-order valence-electron chi connectivity index (χ0n) is 11.5. The average Bonchev–Trinajstić information content (AvgIpc) is 3.13. The van der Waals surface area contributed by atoms with Crippen LogP contribution in [0.15, 0.2) is 9.63 Å². The Kier molecular flexibility index (Phi) is 3.87. The van der Waals surface area contributed by atoms with Crippen molar-refractivity contribution in [3.8, 4) is 0 Å². The standard InChI is InChI=1S/C12H17BrN6S/c1-7-11(13)9(18(2)17-7)6-20-12-16-15-10(5-14)19(12)8-3-4-8/h8H,3-6,14H2,1-2H3. The summed E-state index contributed by atoms with van der Waals surface area (Å²) >= 11 is 5.28. The molecule has 1 fully saturated rings. The van der Waals surface area contributed by atoms with E-state index in [1.807, 2.05) is 18.7 Å². The van der Waals surface area contributed by atoms with E-state index in [2.05, 4.69) is 35.8 Å². The van der Waals surface area contributed by atoms with Crippen molar-refractivity contribution >= 4 is 27.7 Å². The molecule has 2 N–H and O–H groups in total. The van der Waals surface area contributed by atoms with E-state index in [1.54, 1.807) is 11.8 Å². The van der Waals surface area contributed by atoms with Gasteiger partial charge in [0.05, 0.1) is 22.4 Å². The third-order valence-corrected chi connectivity index (χ3v) is 5.42. The molecular formula is C12H17BrN6S. The lowest BCUT2D eigenvalue weighted by Gasteiger charge is -2.07. The lowest BCUT2D eigenvalue weighted by molar-refractivity contribution is 0.626. The van der Waals surface area contributed by atoms with Gasteiger partial charge in [0.1, 0.15) is 5.82 Å². The number of hydrogen-bond acceptors (Lipinski definition) is 5. The highest BCUT2D eigenvalue weighted by Gasteiger charge is 2.29. The molecule has 0 unspecified atom stereocenters. The summed E-state index contributed by atoms with van der Waals surface area (Å²) in [6.07, 6.45) is 2.40. The summed E-state index contributed by atoms with van der Waals surface area (Å²) in [5, 5.41) is 13.8. The first-order chi connectivity index (χ1) is 9.61. The lowest BCUT2D eigenvalue weighted by Crippen LogP contribution is -2.08. The van der Waals surface area contributed by atoms with Crippen LogP contribution in [0.1, 0.15) is 36.1 Å². The summed E-state index contributed by atoms with van der Waals surface area (Å²) < 4.78 is 5.18. The smallest absolute Gasteiger partial charge is 0.191 e. The minimum Gasteiger partial charge on any atom is -0.324 e. The second kappa shape index (κ2) is 5.50. The van der Waals surface area contributed by atoms with Gasteiger partial charge in [-0.2, -0.15) is 5.10 Å². The second-order valence-electron chi connectivity index (χ2n) is 4.96. The highest BCUT2D eigenvalue weighted by molar-refractivity contribution is 9.10. The summed E-state index contributed by atoms with van der Waals surface area (Å²) in [7, 11) is 1.96. The van der Waals surface area contributed by atoms with E-state index in [1.165, 1.54) is 12.8 Å². The molecule has 2 heterocycles. The van der Waals surface area contributed by atoms with Gasteiger partial charge in [0, 0.05) is 18.8 Å². The largest absolute Gasteiger partial charge is 0.324 e. The Bertz CT molecular complexity index is 630. The topological polar surface area (TPSA) is 74.6 Å². The van der Waals surface area contributed by atoms with E-state index < -0.39 is 0 Å². The van der Waals surface area contributed by atoms with Gasteiger partial charge in [0.15, 0.2) is 5.16 Å². The van der Waals surface area contributed by atoms with E-state index >= 15 is 0 Å². The molecule has 3 rings (SSSR count). The Morgan fingerprint density at radius 1 is 1.40 bits per heavy atom. The normalized spacial score (nSPS) is 15.0. The van der Waals surface area contributed by atoms with Gasteiger partial charge < -0.3 is 10.3 Å². The van der Waals surface area contributed by atoms with Crippen molar-refractivity contribution in [1.29, 1.82) is 0 Å². The van der Waals surface area contributed by atoms with Crippen LogP contribution in [0.5, 0.6) is 0 Å². The first kappa shape index (κ1) is 14.1. The molecule has 20 heavy (non-hydrogen) atoms. The molecule has 1 saturated carbocycles. The second-order valence-corrected chi connectivity index (χ2v) is 6.70. The summed E-state index contributed by atoms with van der Waals surface area (Å²) in [6, 6.07) is 0.544. The van der Waals surface area contributed by atoms with Crippen molar-refractivity contribution in [3.63, 3.8) is 0 Å². The lowest BCUT2D eigenvalue weighted by atomic mass is 10.4. The highest BCUT2D eigenvalue weighted by atomic mass is 79.9. The van der Waals surface area contributed by atoms with Crippen molar-refractivity contribution in [3.05, 3.63) is 21.7 Å². The molecule has 0 saturated heterocycles. The number of thioether (sulfide) groups is 1. The molecule has 0 bridgehead atoms. The molecule has 0 aromatic carbocycles. The van der Waals surface area contributed by atoms with Gasteiger partial charge in [-0.25, -0.2) is 0 Å². The number of nitrogens with two attached hydrogens (primary N) is 1. The first-order valence-electron chi connectivity index (χ1n) is 6.56. The Balaban J connectivity index is 1.80. The summed E-state index contributed by atoms with van der Waals surface area (Å²) in [5.74, 6) is 1.70. The molecular weight excluding hydrogens is 340 g/mol.